The van der Waals surface area contributed by atoms with Gasteiger partial charge in [-0.1, -0.05) is 18.2 Å². The van der Waals surface area contributed by atoms with Crippen molar-refractivity contribution in [2.75, 3.05) is 16.5 Å². The van der Waals surface area contributed by atoms with Crippen molar-refractivity contribution in [2.24, 2.45) is 0 Å². The van der Waals surface area contributed by atoms with Gasteiger partial charge in [0.2, 0.25) is 0 Å². The summed E-state index contributed by atoms with van der Waals surface area (Å²) in [6.07, 6.45) is 1.74. The Labute approximate surface area is 120 Å². The van der Waals surface area contributed by atoms with Crippen LogP contribution in [-0.4, -0.2) is 16.9 Å². The molecule has 0 atom stereocenters. The van der Waals surface area contributed by atoms with Crippen LogP contribution in [0.1, 0.15) is 0 Å². The van der Waals surface area contributed by atoms with Crippen molar-refractivity contribution in [3.63, 3.8) is 0 Å². The molecule has 20 heavy (non-hydrogen) atoms. The standard InChI is InChI=1S/C15H12N4S/c1-2-5-12(6-3-1)18-11-19(14-7-4-10-20-14)15-13(18)8-9-16-17-15/h1-10H,11H2. The lowest BCUT2D eigenvalue weighted by molar-refractivity contribution is 0.967. The van der Waals surface area contributed by atoms with Crippen LogP contribution in [0.15, 0.2) is 60.1 Å². The molecule has 1 aliphatic rings. The van der Waals surface area contributed by atoms with Crippen LogP contribution in [-0.2, 0) is 0 Å². The van der Waals surface area contributed by atoms with Gasteiger partial charge in [0.15, 0.2) is 5.82 Å². The van der Waals surface area contributed by atoms with Crippen molar-refractivity contribution >= 4 is 33.5 Å². The lowest BCUT2D eigenvalue weighted by Gasteiger charge is -2.20. The zero-order chi connectivity index (χ0) is 13.4. The Balaban J connectivity index is 1.81. The molecule has 1 aliphatic heterocycles. The van der Waals surface area contributed by atoms with Crippen molar-refractivity contribution in [1.82, 2.24) is 10.2 Å². The number of nitrogens with zero attached hydrogens (tertiary/aromatic N) is 4. The van der Waals surface area contributed by atoms with E-state index in [9.17, 15) is 0 Å². The van der Waals surface area contributed by atoms with Crippen LogP contribution in [0.5, 0.6) is 0 Å². The van der Waals surface area contributed by atoms with Crippen LogP contribution >= 0.6 is 11.3 Å². The van der Waals surface area contributed by atoms with E-state index in [0.717, 1.165) is 18.2 Å². The van der Waals surface area contributed by atoms with Gasteiger partial charge in [0.1, 0.15) is 6.67 Å². The summed E-state index contributed by atoms with van der Waals surface area (Å²) in [7, 11) is 0. The van der Waals surface area contributed by atoms with Gasteiger partial charge in [-0.3, -0.25) is 4.90 Å². The quantitative estimate of drug-likeness (QED) is 0.715. The van der Waals surface area contributed by atoms with Gasteiger partial charge in [-0.05, 0) is 35.7 Å². The minimum Gasteiger partial charge on any atom is -0.320 e. The highest BCUT2D eigenvalue weighted by Gasteiger charge is 2.29. The van der Waals surface area contributed by atoms with E-state index in [1.807, 2.05) is 12.1 Å². The van der Waals surface area contributed by atoms with Gasteiger partial charge in [-0.2, -0.15) is 5.10 Å². The molecule has 0 amide bonds. The van der Waals surface area contributed by atoms with Gasteiger partial charge >= 0.3 is 0 Å². The predicted octanol–water partition coefficient (Wildman–Crippen LogP) is 3.79. The Morgan fingerprint density at radius 3 is 2.65 bits per heavy atom. The molecule has 4 nitrogen and oxygen atoms in total. The number of hydrogen-bond acceptors (Lipinski definition) is 5. The van der Waals surface area contributed by atoms with Gasteiger partial charge in [-0.15, -0.1) is 16.4 Å². The first-order chi connectivity index (χ1) is 9.93. The van der Waals surface area contributed by atoms with Crippen LogP contribution in [0, 0.1) is 0 Å². The van der Waals surface area contributed by atoms with Crippen molar-refractivity contribution in [1.29, 1.82) is 0 Å². The smallest absolute Gasteiger partial charge is 0.181 e. The van der Waals surface area contributed by atoms with Crippen molar-refractivity contribution in [3.8, 4) is 0 Å². The molecule has 5 heteroatoms. The van der Waals surface area contributed by atoms with E-state index in [2.05, 4.69) is 61.8 Å². The molecule has 0 N–H and O–H groups in total. The zero-order valence-corrected chi connectivity index (χ0v) is 11.5. The Bertz CT molecular complexity index is 712. The largest absolute Gasteiger partial charge is 0.320 e. The Kier molecular flexibility index (Phi) is 2.63. The number of aromatic nitrogens is 2. The number of fused-ring (bicyclic) bond motifs is 1. The average molecular weight is 280 g/mol. The van der Waals surface area contributed by atoms with E-state index < -0.39 is 0 Å². The molecular weight excluding hydrogens is 268 g/mol. The average Bonchev–Trinajstić information content (AvgIpc) is 3.15. The fraction of sp³-hybridized carbons (Fsp3) is 0.0667. The van der Waals surface area contributed by atoms with Crippen LogP contribution in [0.4, 0.5) is 22.2 Å². The maximum Gasteiger partial charge on any atom is 0.181 e. The Morgan fingerprint density at radius 2 is 1.85 bits per heavy atom. The fourth-order valence-electron chi connectivity index (χ4n) is 2.43. The van der Waals surface area contributed by atoms with Gasteiger partial charge in [-0.25, -0.2) is 0 Å². The van der Waals surface area contributed by atoms with E-state index in [1.54, 1.807) is 17.5 Å². The Hall–Kier alpha value is -2.40. The summed E-state index contributed by atoms with van der Waals surface area (Å²) in [6, 6.07) is 16.5. The van der Waals surface area contributed by atoms with Gasteiger partial charge < -0.3 is 4.90 Å². The SMILES string of the molecule is c1ccc(N2CN(c3cccs3)c3nnccc32)cc1. The molecule has 0 bridgehead atoms. The predicted molar refractivity (Wildman–Crippen MR) is 81.9 cm³/mol. The summed E-state index contributed by atoms with van der Waals surface area (Å²) in [6.45, 7) is 0.762. The number of hydrogen-bond donors (Lipinski definition) is 0. The first kappa shape index (κ1) is 11.4. The molecule has 0 saturated carbocycles. The molecule has 0 spiro atoms. The molecule has 3 heterocycles. The maximum atomic E-state index is 4.31. The minimum absolute atomic E-state index is 0.762. The maximum absolute atomic E-state index is 4.31. The highest BCUT2D eigenvalue weighted by molar-refractivity contribution is 7.14. The third-order valence-corrected chi connectivity index (χ3v) is 4.24. The number of benzene rings is 1. The van der Waals surface area contributed by atoms with E-state index >= 15 is 0 Å². The monoisotopic (exact) mass is 280 g/mol. The van der Waals surface area contributed by atoms with Crippen molar-refractivity contribution in [3.05, 3.63) is 60.1 Å². The number of para-hydroxylation sites is 1. The molecular formula is C15H12N4S. The second kappa shape index (κ2) is 4.61. The Morgan fingerprint density at radius 1 is 0.950 bits per heavy atom. The summed E-state index contributed by atoms with van der Waals surface area (Å²) in [5, 5.41) is 11.6. The van der Waals surface area contributed by atoms with Gasteiger partial charge in [0, 0.05) is 5.69 Å². The van der Waals surface area contributed by atoms with Crippen LogP contribution in [0.3, 0.4) is 0 Å². The van der Waals surface area contributed by atoms with Gasteiger partial charge in [0.25, 0.3) is 0 Å². The first-order valence-electron chi connectivity index (χ1n) is 6.39. The van der Waals surface area contributed by atoms with Crippen LogP contribution in [0.25, 0.3) is 0 Å². The molecule has 0 unspecified atom stereocenters. The molecule has 2 aromatic heterocycles. The summed E-state index contributed by atoms with van der Waals surface area (Å²) in [4.78, 5) is 4.45. The molecule has 0 aliphatic carbocycles. The van der Waals surface area contributed by atoms with E-state index in [4.69, 9.17) is 0 Å². The number of rotatable bonds is 2. The molecule has 0 fully saturated rings. The van der Waals surface area contributed by atoms with Crippen molar-refractivity contribution in [2.45, 2.75) is 0 Å². The molecule has 1 aromatic carbocycles. The fourth-order valence-corrected chi connectivity index (χ4v) is 3.16. The number of anilines is 4. The minimum atomic E-state index is 0.762. The van der Waals surface area contributed by atoms with E-state index in [1.165, 1.54) is 10.7 Å². The second-order valence-corrected chi connectivity index (χ2v) is 5.45. The lowest BCUT2D eigenvalue weighted by atomic mass is 10.3. The van der Waals surface area contributed by atoms with E-state index in [0.29, 0.717) is 0 Å². The molecule has 4 rings (SSSR count). The highest BCUT2D eigenvalue weighted by atomic mass is 32.1. The van der Waals surface area contributed by atoms with Gasteiger partial charge in [0.05, 0.1) is 16.9 Å². The number of thiophene rings is 1. The van der Waals surface area contributed by atoms with Crippen LogP contribution < -0.4 is 9.80 Å². The third kappa shape index (κ3) is 1.75. The molecule has 0 saturated heterocycles. The normalized spacial score (nSPS) is 13.6. The molecule has 98 valence electrons. The van der Waals surface area contributed by atoms with Crippen LogP contribution in [0.2, 0.25) is 0 Å². The summed E-state index contributed by atoms with van der Waals surface area (Å²) in [5.74, 6) is 0.916. The highest BCUT2D eigenvalue weighted by Crippen LogP contribution is 2.43. The zero-order valence-electron chi connectivity index (χ0n) is 10.7. The summed E-state index contributed by atoms with van der Waals surface area (Å²) < 4.78 is 0. The molecule has 3 aromatic rings. The van der Waals surface area contributed by atoms with Crippen molar-refractivity contribution < 1.29 is 0 Å². The summed E-state index contributed by atoms with van der Waals surface area (Å²) in [5.41, 5.74) is 2.26. The lowest BCUT2D eigenvalue weighted by Crippen LogP contribution is -2.23. The third-order valence-electron chi connectivity index (χ3n) is 3.35. The topological polar surface area (TPSA) is 32.3 Å². The summed E-state index contributed by atoms with van der Waals surface area (Å²) >= 11 is 1.71. The molecule has 0 radical (unpaired) electrons. The second-order valence-electron chi connectivity index (χ2n) is 4.52. The first-order valence-corrected chi connectivity index (χ1v) is 7.27. The van der Waals surface area contributed by atoms with E-state index in [-0.39, 0.29) is 0 Å².